The van der Waals surface area contributed by atoms with Crippen LogP contribution in [-0.4, -0.2) is 34.8 Å². The van der Waals surface area contributed by atoms with Crippen molar-refractivity contribution in [2.24, 2.45) is 0 Å². The zero-order chi connectivity index (χ0) is 28.0. The van der Waals surface area contributed by atoms with Crippen LogP contribution in [0.15, 0.2) is 91.0 Å². The summed E-state index contributed by atoms with van der Waals surface area (Å²) in [4.78, 5) is 13.5. The minimum absolute atomic E-state index is 0.0000610. The lowest BCUT2D eigenvalue weighted by atomic mass is 10.1. The van der Waals surface area contributed by atoms with Crippen molar-refractivity contribution in [3.63, 3.8) is 0 Å². The third-order valence-electron chi connectivity index (χ3n) is 5.78. The van der Waals surface area contributed by atoms with Crippen molar-refractivity contribution in [3.8, 4) is 23.0 Å². The number of carbonyl (C=O) groups is 1. The lowest BCUT2D eigenvalue weighted by molar-refractivity contribution is 0.102. The Morgan fingerprint density at radius 1 is 0.846 bits per heavy atom. The number of halogens is 1. The maximum atomic E-state index is 14.5. The average Bonchev–Trinajstić information content (AvgIpc) is 2.93. The number of rotatable bonds is 10. The molecule has 1 amide bonds. The van der Waals surface area contributed by atoms with Gasteiger partial charge in [0.1, 0.15) is 17.3 Å². The molecule has 0 atom stereocenters. The van der Waals surface area contributed by atoms with Gasteiger partial charge in [0.15, 0.2) is 11.5 Å². The lowest BCUT2D eigenvalue weighted by Gasteiger charge is -2.26. The topological polar surface area (TPSA) is 94.2 Å². The first-order valence-electron chi connectivity index (χ1n) is 11.8. The molecule has 0 saturated carbocycles. The van der Waals surface area contributed by atoms with Crippen LogP contribution in [0.1, 0.15) is 15.9 Å². The molecular weight excluding hydrogens is 523 g/mol. The van der Waals surface area contributed by atoms with E-state index in [0.29, 0.717) is 17.2 Å². The van der Waals surface area contributed by atoms with Gasteiger partial charge in [0.05, 0.1) is 38.3 Å². The number of amides is 1. The van der Waals surface area contributed by atoms with E-state index in [0.717, 1.165) is 10.6 Å². The first kappa shape index (κ1) is 27.5. The molecule has 0 heterocycles. The van der Waals surface area contributed by atoms with E-state index in [-0.39, 0.29) is 34.9 Å². The summed E-state index contributed by atoms with van der Waals surface area (Å²) < 4.78 is 57.8. The molecule has 0 unspecified atom stereocenters. The van der Waals surface area contributed by atoms with E-state index in [9.17, 15) is 17.6 Å². The van der Waals surface area contributed by atoms with Crippen LogP contribution >= 0.6 is 0 Å². The van der Waals surface area contributed by atoms with Gasteiger partial charge in [-0.3, -0.25) is 9.10 Å². The third-order valence-corrected chi connectivity index (χ3v) is 6.90. The Balaban J connectivity index is 1.69. The van der Waals surface area contributed by atoms with Gasteiger partial charge in [0.25, 0.3) is 5.91 Å². The van der Waals surface area contributed by atoms with Crippen molar-refractivity contribution in [1.82, 2.24) is 0 Å². The Bertz CT molecular complexity index is 1560. The molecule has 4 aromatic carbocycles. The normalized spacial score (nSPS) is 11.0. The van der Waals surface area contributed by atoms with Gasteiger partial charge in [-0.15, -0.1) is 0 Å². The number of hydrogen-bond acceptors (Lipinski definition) is 6. The largest absolute Gasteiger partial charge is 0.493 e. The first-order chi connectivity index (χ1) is 18.7. The number of para-hydroxylation sites is 1. The quantitative estimate of drug-likeness (QED) is 0.266. The first-order valence-corrected chi connectivity index (χ1v) is 13.7. The second-order valence-electron chi connectivity index (χ2n) is 8.48. The highest BCUT2D eigenvalue weighted by Gasteiger charge is 2.27. The molecule has 0 aromatic heterocycles. The molecule has 10 heteroatoms. The number of benzene rings is 4. The van der Waals surface area contributed by atoms with Gasteiger partial charge in [0.2, 0.25) is 10.0 Å². The summed E-state index contributed by atoms with van der Waals surface area (Å²) in [6, 6.07) is 24.5. The molecule has 4 aromatic rings. The molecule has 0 spiro atoms. The molecule has 4 rings (SSSR count). The van der Waals surface area contributed by atoms with Crippen LogP contribution < -0.4 is 23.8 Å². The smallest absolute Gasteiger partial charge is 0.257 e. The van der Waals surface area contributed by atoms with Gasteiger partial charge in [0, 0.05) is 17.3 Å². The monoisotopic (exact) mass is 550 g/mol. The number of nitrogens with zero attached hydrogens (tertiary/aromatic N) is 1. The predicted molar refractivity (Wildman–Crippen MR) is 148 cm³/mol. The van der Waals surface area contributed by atoms with Crippen molar-refractivity contribution in [2.75, 3.05) is 30.1 Å². The minimum atomic E-state index is -3.97. The highest BCUT2D eigenvalue weighted by Crippen LogP contribution is 2.37. The van der Waals surface area contributed by atoms with E-state index in [1.54, 1.807) is 30.3 Å². The summed E-state index contributed by atoms with van der Waals surface area (Å²) in [5.41, 5.74) is 0.568. The zero-order valence-electron chi connectivity index (χ0n) is 21.6. The fraction of sp³-hybridized carbons (Fsp3) is 0.138. The van der Waals surface area contributed by atoms with Crippen LogP contribution in [0.5, 0.6) is 23.0 Å². The van der Waals surface area contributed by atoms with E-state index in [2.05, 4.69) is 5.32 Å². The van der Waals surface area contributed by atoms with Crippen molar-refractivity contribution in [1.29, 1.82) is 0 Å². The van der Waals surface area contributed by atoms with Crippen molar-refractivity contribution in [3.05, 3.63) is 108 Å². The average molecular weight is 551 g/mol. The van der Waals surface area contributed by atoms with Gasteiger partial charge in [-0.05, 0) is 48.5 Å². The Morgan fingerprint density at radius 2 is 1.44 bits per heavy atom. The van der Waals surface area contributed by atoms with E-state index >= 15 is 0 Å². The molecule has 0 aliphatic heterocycles. The number of anilines is 2. The number of carbonyl (C=O) groups excluding carboxylic acids is 1. The standard InChI is InChI=1S/C29H27FN2O6S/c1-36-27-17-24(29(33)31-21-13-15-23(16-14-21)38-22-10-5-4-6-11-22)26(18-28(27)37-2)32(39(3,34)35)19-20-9-7-8-12-25(20)30/h4-18H,19H2,1-3H3,(H,31,33). The summed E-state index contributed by atoms with van der Waals surface area (Å²) in [6.45, 7) is -0.340. The number of methoxy groups -OCH3 is 2. The number of ether oxygens (including phenoxy) is 3. The van der Waals surface area contributed by atoms with E-state index < -0.39 is 21.7 Å². The summed E-state index contributed by atoms with van der Waals surface area (Å²) in [6.07, 6.45) is 0.984. The molecule has 0 radical (unpaired) electrons. The van der Waals surface area contributed by atoms with Gasteiger partial charge >= 0.3 is 0 Å². The van der Waals surface area contributed by atoms with Crippen LogP contribution in [0.3, 0.4) is 0 Å². The number of nitrogens with one attached hydrogen (secondary N) is 1. The van der Waals surface area contributed by atoms with Gasteiger partial charge in [-0.2, -0.15) is 0 Å². The summed E-state index contributed by atoms with van der Waals surface area (Å²) in [5.74, 6) is 0.477. The van der Waals surface area contributed by atoms with Gasteiger partial charge < -0.3 is 19.5 Å². The van der Waals surface area contributed by atoms with Crippen LogP contribution in [0.25, 0.3) is 0 Å². The van der Waals surface area contributed by atoms with Crippen LogP contribution in [0.2, 0.25) is 0 Å². The zero-order valence-corrected chi connectivity index (χ0v) is 22.4. The molecular formula is C29H27FN2O6S. The fourth-order valence-corrected chi connectivity index (χ4v) is 4.73. The van der Waals surface area contributed by atoms with Gasteiger partial charge in [-0.25, -0.2) is 12.8 Å². The van der Waals surface area contributed by atoms with Crippen molar-refractivity contribution >= 4 is 27.3 Å². The number of hydrogen-bond donors (Lipinski definition) is 1. The van der Waals surface area contributed by atoms with Crippen molar-refractivity contribution < 1.29 is 31.8 Å². The Morgan fingerprint density at radius 3 is 2.05 bits per heavy atom. The number of sulfonamides is 1. The van der Waals surface area contributed by atoms with E-state index in [4.69, 9.17) is 14.2 Å². The van der Waals surface area contributed by atoms with E-state index in [1.165, 1.54) is 44.6 Å². The summed E-state index contributed by atoms with van der Waals surface area (Å²) in [7, 11) is -1.18. The molecule has 0 aliphatic rings. The summed E-state index contributed by atoms with van der Waals surface area (Å²) >= 11 is 0. The maximum absolute atomic E-state index is 14.5. The Kier molecular flexibility index (Phi) is 8.36. The highest BCUT2D eigenvalue weighted by atomic mass is 32.2. The highest BCUT2D eigenvalue weighted by molar-refractivity contribution is 7.92. The molecule has 0 aliphatic carbocycles. The predicted octanol–water partition coefficient (Wildman–Crippen LogP) is 5.85. The Hall–Kier alpha value is -4.57. The molecule has 39 heavy (non-hydrogen) atoms. The molecule has 8 nitrogen and oxygen atoms in total. The van der Waals surface area contributed by atoms with Crippen molar-refractivity contribution in [2.45, 2.75) is 6.54 Å². The SMILES string of the molecule is COc1cc(C(=O)Nc2ccc(Oc3ccccc3)cc2)c(N(Cc2ccccc2F)S(C)(=O)=O)cc1OC. The van der Waals surface area contributed by atoms with Gasteiger partial charge in [-0.1, -0.05) is 36.4 Å². The third kappa shape index (κ3) is 6.66. The minimum Gasteiger partial charge on any atom is -0.493 e. The second-order valence-corrected chi connectivity index (χ2v) is 10.4. The molecule has 0 saturated heterocycles. The molecule has 0 bridgehead atoms. The molecule has 0 fully saturated rings. The Labute approximate surface area is 226 Å². The summed E-state index contributed by atoms with van der Waals surface area (Å²) in [5, 5.41) is 2.77. The van der Waals surface area contributed by atoms with Crippen LogP contribution in [-0.2, 0) is 16.6 Å². The lowest BCUT2D eigenvalue weighted by Crippen LogP contribution is -2.32. The molecule has 202 valence electrons. The van der Waals surface area contributed by atoms with Crippen LogP contribution in [0, 0.1) is 5.82 Å². The second kappa shape index (κ2) is 11.9. The maximum Gasteiger partial charge on any atom is 0.257 e. The van der Waals surface area contributed by atoms with E-state index in [1.807, 2.05) is 30.3 Å². The fourth-order valence-electron chi connectivity index (χ4n) is 3.85. The molecule has 1 N–H and O–H groups in total. The van der Waals surface area contributed by atoms with Crippen LogP contribution in [0.4, 0.5) is 15.8 Å².